The highest BCUT2D eigenvalue weighted by Crippen LogP contribution is 2.72. The fourth-order valence-corrected chi connectivity index (χ4v) is 3.87. The lowest BCUT2D eigenvalue weighted by atomic mass is 9.79. The van der Waals surface area contributed by atoms with Crippen molar-refractivity contribution in [3.05, 3.63) is 11.3 Å². The van der Waals surface area contributed by atoms with Crippen molar-refractivity contribution in [3.63, 3.8) is 0 Å². The van der Waals surface area contributed by atoms with Crippen LogP contribution in [0.2, 0.25) is 0 Å². The van der Waals surface area contributed by atoms with Crippen LogP contribution in [0.4, 0.5) is 0 Å². The SMILES string of the molecule is COC(=O)C1=C(O)[C@@H]2[C@H](C1)[C@]21CCCCC1=O. The van der Waals surface area contributed by atoms with Gasteiger partial charge in [-0.1, -0.05) is 6.42 Å². The number of ether oxygens (including phenoxy) is 1. The summed E-state index contributed by atoms with van der Waals surface area (Å²) in [6.07, 6.45) is 4.04. The predicted octanol–water partition coefficient (Wildman–Crippen LogP) is 1.75. The van der Waals surface area contributed by atoms with Gasteiger partial charge in [0.1, 0.15) is 11.5 Å². The van der Waals surface area contributed by atoms with Gasteiger partial charge in [-0.25, -0.2) is 4.79 Å². The molecule has 0 amide bonds. The van der Waals surface area contributed by atoms with Crippen molar-refractivity contribution >= 4 is 11.8 Å². The zero-order chi connectivity index (χ0) is 12.2. The molecule has 0 aromatic heterocycles. The standard InChI is InChI=1S/C13H16O4/c1-17-12(16)7-6-8-10(11(7)15)13(8)5-3-2-4-9(13)14/h8,10,15H,2-6H2,1H3/t8-,10-,13-/m0/s1. The lowest BCUT2D eigenvalue weighted by Crippen LogP contribution is -2.26. The summed E-state index contributed by atoms with van der Waals surface area (Å²) in [4.78, 5) is 23.5. The lowest BCUT2D eigenvalue weighted by molar-refractivity contribution is -0.137. The van der Waals surface area contributed by atoms with Crippen LogP contribution in [0.15, 0.2) is 11.3 Å². The van der Waals surface area contributed by atoms with E-state index in [1.807, 2.05) is 0 Å². The van der Waals surface area contributed by atoms with Gasteiger partial charge in [0.25, 0.3) is 0 Å². The summed E-state index contributed by atoms with van der Waals surface area (Å²) in [6, 6.07) is 0. The minimum Gasteiger partial charge on any atom is -0.511 e. The van der Waals surface area contributed by atoms with Crippen LogP contribution in [0.3, 0.4) is 0 Å². The Hall–Kier alpha value is -1.32. The summed E-state index contributed by atoms with van der Waals surface area (Å²) in [5.74, 6) is 0.0215. The Morgan fingerprint density at radius 1 is 1.47 bits per heavy atom. The molecule has 2 fully saturated rings. The van der Waals surface area contributed by atoms with E-state index in [0.29, 0.717) is 18.4 Å². The van der Waals surface area contributed by atoms with Crippen molar-refractivity contribution in [2.75, 3.05) is 7.11 Å². The Balaban J connectivity index is 1.88. The molecule has 3 atom stereocenters. The van der Waals surface area contributed by atoms with Gasteiger partial charge < -0.3 is 9.84 Å². The maximum Gasteiger partial charge on any atom is 0.337 e. The highest BCUT2D eigenvalue weighted by molar-refractivity contribution is 5.95. The first-order valence-electron chi connectivity index (χ1n) is 6.16. The Morgan fingerprint density at radius 3 is 2.76 bits per heavy atom. The molecule has 1 N–H and O–H groups in total. The van der Waals surface area contributed by atoms with Crippen LogP contribution in [0.5, 0.6) is 0 Å². The predicted molar refractivity (Wildman–Crippen MR) is 59.2 cm³/mol. The number of allylic oxidation sites excluding steroid dienone is 1. The number of carbonyl (C=O) groups is 2. The van der Waals surface area contributed by atoms with Crippen LogP contribution in [-0.2, 0) is 14.3 Å². The second kappa shape index (κ2) is 3.34. The average Bonchev–Trinajstić information content (AvgIpc) is 2.81. The highest BCUT2D eigenvalue weighted by atomic mass is 16.5. The van der Waals surface area contributed by atoms with Gasteiger partial charge in [0.15, 0.2) is 0 Å². The maximum absolute atomic E-state index is 12.0. The largest absolute Gasteiger partial charge is 0.511 e. The Kier molecular flexibility index (Phi) is 2.12. The van der Waals surface area contributed by atoms with E-state index in [-0.39, 0.29) is 28.8 Å². The molecular weight excluding hydrogens is 220 g/mol. The first-order chi connectivity index (χ1) is 8.13. The number of fused-ring (bicyclic) bond motifs is 3. The summed E-state index contributed by atoms with van der Waals surface area (Å²) in [5.41, 5.74) is 0.0614. The number of methoxy groups -OCH3 is 1. The van der Waals surface area contributed by atoms with Gasteiger partial charge in [0, 0.05) is 17.8 Å². The highest BCUT2D eigenvalue weighted by Gasteiger charge is 2.73. The summed E-state index contributed by atoms with van der Waals surface area (Å²) in [5, 5.41) is 10.1. The molecule has 3 aliphatic carbocycles. The van der Waals surface area contributed by atoms with Gasteiger partial charge >= 0.3 is 5.97 Å². The number of esters is 1. The molecule has 3 aliphatic rings. The van der Waals surface area contributed by atoms with Gasteiger partial charge in [-0.2, -0.15) is 0 Å². The number of Topliss-reactive ketones (excluding diaryl/α,β-unsaturated/α-hetero) is 1. The molecule has 1 spiro atoms. The minimum absolute atomic E-state index is 0.0931. The third-order valence-corrected chi connectivity index (χ3v) is 4.73. The van der Waals surface area contributed by atoms with Crippen LogP contribution < -0.4 is 0 Å². The summed E-state index contributed by atoms with van der Waals surface area (Å²) in [6.45, 7) is 0. The fraction of sp³-hybridized carbons (Fsp3) is 0.692. The van der Waals surface area contributed by atoms with E-state index in [1.54, 1.807) is 0 Å². The van der Waals surface area contributed by atoms with Gasteiger partial charge in [-0.05, 0) is 25.2 Å². The van der Waals surface area contributed by atoms with Crippen LogP contribution in [0.1, 0.15) is 32.1 Å². The van der Waals surface area contributed by atoms with Gasteiger partial charge in [0.2, 0.25) is 0 Å². The van der Waals surface area contributed by atoms with Crippen molar-refractivity contribution < 1.29 is 19.4 Å². The minimum atomic E-state index is -0.451. The topological polar surface area (TPSA) is 63.6 Å². The number of ketones is 1. The zero-order valence-electron chi connectivity index (χ0n) is 9.86. The van der Waals surface area contributed by atoms with Crippen molar-refractivity contribution in [2.45, 2.75) is 32.1 Å². The van der Waals surface area contributed by atoms with Gasteiger partial charge in [-0.3, -0.25) is 4.79 Å². The molecule has 92 valence electrons. The smallest absolute Gasteiger partial charge is 0.337 e. The molecule has 0 heterocycles. The van der Waals surface area contributed by atoms with E-state index in [1.165, 1.54) is 7.11 Å². The number of hydrogen-bond acceptors (Lipinski definition) is 4. The fourth-order valence-electron chi connectivity index (χ4n) is 3.87. The normalized spacial score (nSPS) is 39.5. The van der Waals surface area contributed by atoms with Crippen molar-refractivity contribution in [1.29, 1.82) is 0 Å². The molecule has 4 heteroatoms. The quantitative estimate of drug-likeness (QED) is 0.704. The molecule has 0 aromatic carbocycles. The molecule has 17 heavy (non-hydrogen) atoms. The molecule has 4 nitrogen and oxygen atoms in total. The Labute approximate surface area is 99.6 Å². The molecule has 0 unspecified atom stereocenters. The summed E-state index contributed by atoms with van der Waals surface area (Å²) >= 11 is 0. The van der Waals surface area contributed by atoms with Gasteiger partial charge in [0.05, 0.1) is 12.7 Å². The van der Waals surface area contributed by atoms with Crippen LogP contribution in [0.25, 0.3) is 0 Å². The van der Waals surface area contributed by atoms with Crippen LogP contribution >= 0.6 is 0 Å². The second-order valence-corrected chi connectivity index (χ2v) is 5.31. The molecule has 3 rings (SSSR count). The Morgan fingerprint density at radius 2 is 2.24 bits per heavy atom. The van der Waals surface area contributed by atoms with Gasteiger partial charge in [-0.15, -0.1) is 0 Å². The molecule has 0 bridgehead atoms. The number of aliphatic hydroxyl groups excluding tert-OH is 1. The second-order valence-electron chi connectivity index (χ2n) is 5.31. The third-order valence-electron chi connectivity index (χ3n) is 4.73. The molecule has 0 aliphatic heterocycles. The molecule has 0 aromatic rings. The summed E-state index contributed by atoms with van der Waals surface area (Å²) in [7, 11) is 1.31. The van der Waals surface area contributed by atoms with E-state index in [4.69, 9.17) is 0 Å². The van der Waals surface area contributed by atoms with E-state index in [0.717, 1.165) is 19.3 Å². The summed E-state index contributed by atoms with van der Waals surface area (Å²) < 4.78 is 4.63. The monoisotopic (exact) mass is 236 g/mol. The first kappa shape index (κ1) is 10.8. The molecule has 0 saturated heterocycles. The third kappa shape index (κ3) is 1.18. The van der Waals surface area contributed by atoms with Crippen molar-refractivity contribution in [1.82, 2.24) is 0 Å². The first-order valence-corrected chi connectivity index (χ1v) is 6.16. The zero-order valence-corrected chi connectivity index (χ0v) is 9.86. The number of carbonyl (C=O) groups excluding carboxylic acids is 2. The van der Waals surface area contributed by atoms with E-state index < -0.39 is 5.97 Å². The van der Waals surface area contributed by atoms with Crippen molar-refractivity contribution in [3.8, 4) is 0 Å². The van der Waals surface area contributed by atoms with E-state index in [2.05, 4.69) is 4.74 Å². The lowest BCUT2D eigenvalue weighted by Gasteiger charge is -2.24. The number of hydrogen-bond donors (Lipinski definition) is 1. The van der Waals surface area contributed by atoms with Crippen LogP contribution in [0, 0.1) is 17.3 Å². The molecule has 0 radical (unpaired) electrons. The maximum atomic E-state index is 12.0. The molecular formula is C13H16O4. The van der Waals surface area contributed by atoms with E-state index >= 15 is 0 Å². The Bertz CT molecular complexity index is 437. The molecule has 2 saturated carbocycles. The number of aliphatic hydroxyl groups is 1. The average molecular weight is 236 g/mol. The van der Waals surface area contributed by atoms with Crippen molar-refractivity contribution in [2.24, 2.45) is 17.3 Å². The van der Waals surface area contributed by atoms with Crippen LogP contribution in [-0.4, -0.2) is 24.0 Å². The number of rotatable bonds is 1. The van der Waals surface area contributed by atoms with E-state index in [9.17, 15) is 14.7 Å².